The molecule has 2 N–H and O–H groups in total. The smallest absolute Gasteiger partial charge is 0.449 e. The molecule has 2 atom stereocenters. The van der Waals surface area contributed by atoms with Crippen molar-refractivity contribution in [2.75, 3.05) is 24.5 Å². The number of fused-ring (bicyclic) bond motifs is 2. The lowest BCUT2D eigenvalue weighted by molar-refractivity contribution is 0.143. The Labute approximate surface area is 169 Å². The van der Waals surface area contributed by atoms with Crippen LogP contribution in [0.3, 0.4) is 0 Å². The normalized spacial score (nSPS) is 23.6. The number of piperidine rings is 1. The lowest BCUT2D eigenvalue weighted by Gasteiger charge is -2.24. The third kappa shape index (κ3) is 2.92. The van der Waals surface area contributed by atoms with Crippen molar-refractivity contribution in [2.24, 2.45) is 5.92 Å². The summed E-state index contributed by atoms with van der Waals surface area (Å²) >= 11 is 0. The first-order valence-corrected chi connectivity index (χ1v) is 10.0. The van der Waals surface area contributed by atoms with Gasteiger partial charge in [0.2, 0.25) is 5.43 Å². The van der Waals surface area contributed by atoms with Crippen LogP contribution in [0.4, 0.5) is 23.7 Å². The van der Waals surface area contributed by atoms with Crippen LogP contribution in [0, 0.1) is 23.4 Å². The minimum Gasteiger partial charge on any atom is -0.449 e. The van der Waals surface area contributed by atoms with E-state index in [1.807, 2.05) is 0 Å². The minimum atomic E-state index is -1.76. The van der Waals surface area contributed by atoms with Gasteiger partial charge >= 0.3 is 6.16 Å². The van der Waals surface area contributed by atoms with E-state index < -0.39 is 45.9 Å². The van der Waals surface area contributed by atoms with Crippen LogP contribution in [0.5, 0.6) is 5.75 Å². The molecule has 0 unspecified atom stereocenters. The van der Waals surface area contributed by atoms with Crippen LogP contribution in [-0.2, 0) is 0 Å². The molecule has 2 saturated heterocycles. The van der Waals surface area contributed by atoms with E-state index in [1.54, 1.807) is 0 Å². The van der Waals surface area contributed by atoms with E-state index in [4.69, 9.17) is 5.11 Å². The second-order valence-electron chi connectivity index (χ2n) is 8.21. The van der Waals surface area contributed by atoms with Crippen LogP contribution in [0.1, 0.15) is 31.7 Å². The molecule has 1 aromatic carbocycles. The maximum atomic E-state index is 15.7. The molecule has 0 spiro atoms. The van der Waals surface area contributed by atoms with Gasteiger partial charge in [0.15, 0.2) is 23.2 Å². The third-order valence-electron chi connectivity index (χ3n) is 6.29. The molecule has 1 saturated carbocycles. The number of rotatable bonds is 3. The molecule has 1 aromatic heterocycles. The van der Waals surface area contributed by atoms with Crippen molar-refractivity contribution in [2.45, 2.75) is 37.8 Å². The fourth-order valence-electron chi connectivity index (χ4n) is 4.77. The molecule has 2 aliphatic heterocycles. The Hall–Kier alpha value is -2.75. The predicted octanol–water partition coefficient (Wildman–Crippen LogP) is 3.00. The van der Waals surface area contributed by atoms with Crippen LogP contribution >= 0.6 is 0 Å². The van der Waals surface area contributed by atoms with Crippen molar-refractivity contribution >= 4 is 22.7 Å². The Morgan fingerprint density at radius 3 is 2.57 bits per heavy atom. The molecule has 0 bridgehead atoms. The standard InChI is InChI=1S/C20H20F3N3O4/c21-14-13-17(26(10-3-4-10)8-12(19(13)27)30-20(28)29)16(23)18(15(14)22)25-6-9-2-1-5-24-11(9)7-25/h8-11,24H,1-7H2,(H,28,29)/t9-,11+/m0/s1. The molecule has 3 aliphatic rings. The number of halogens is 3. The minimum absolute atomic E-state index is 0.0771. The van der Waals surface area contributed by atoms with Crippen LogP contribution < -0.4 is 20.4 Å². The number of anilines is 1. The van der Waals surface area contributed by atoms with E-state index in [9.17, 15) is 9.59 Å². The molecule has 10 heteroatoms. The van der Waals surface area contributed by atoms with Gasteiger partial charge in [-0.05, 0) is 38.1 Å². The number of carbonyl (C=O) groups is 1. The Kier molecular flexibility index (Phi) is 4.42. The SMILES string of the molecule is O=C(O)Oc1cn(C2CC2)c2c(F)c(N3C[C@@H]4CCCN[C@@H]4C3)c(F)c(F)c2c1=O. The molecule has 3 fully saturated rings. The summed E-state index contributed by atoms with van der Waals surface area (Å²) in [6.45, 7) is 1.57. The first-order chi connectivity index (χ1) is 14.4. The molecule has 30 heavy (non-hydrogen) atoms. The number of ether oxygens (including phenoxy) is 1. The van der Waals surface area contributed by atoms with Gasteiger partial charge in [0, 0.05) is 25.2 Å². The molecular weight excluding hydrogens is 403 g/mol. The molecule has 7 nitrogen and oxygen atoms in total. The van der Waals surface area contributed by atoms with Crippen molar-refractivity contribution < 1.29 is 27.8 Å². The lowest BCUT2D eigenvalue weighted by atomic mass is 9.94. The number of carboxylic acid groups (broad SMARTS) is 1. The van der Waals surface area contributed by atoms with Crippen molar-refractivity contribution in [3.8, 4) is 5.75 Å². The van der Waals surface area contributed by atoms with Crippen LogP contribution in [0.15, 0.2) is 11.0 Å². The zero-order chi connectivity index (χ0) is 21.2. The average Bonchev–Trinajstić information content (AvgIpc) is 3.46. The Bertz CT molecular complexity index is 1100. The van der Waals surface area contributed by atoms with Gasteiger partial charge in [0.1, 0.15) is 5.69 Å². The van der Waals surface area contributed by atoms with E-state index in [2.05, 4.69) is 10.1 Å². The van der Waals surface area contributed by atoms with Gasteiger partial charge in [-0.3, -0.25) is 4.79 Å². The fourth-order valence-corrected chi connectivity index (χ4v) is 4.77. The summed E-state index contributed by atoms with van der Waals surface area (Å²) in [4.78, 5) is 25.0. The monoisotopic (exact) mass is 423 g/mol. The molecule has 5 rings (SSSR count). The van der Waals surface area contributed by atoms with Gasteiger partial charge in [-0.25, -0.2) is 18.0 Å². The Balaban J connectivity index is 1.72. The fraction of sp³-hybridized carbons (Fsp3) is 0.500. The number of pyridine rings is 1. The average molecular weight is 423 g/mol. The van der Waals surface area contributed by atoms with Gasteiger partial charge in [-0.15, -0.1) is 0 Å². The van der Waals surface area contributed by atoms with Crippen LogP contribution in [0.2, 0.25) is 0 Å². The number of hydrogen-bond acceptors (Lipinski definition) is 5. The molecule has 3 heterocycles. The van der Waals surface area contributed by atoms with Crippen molar-refractivity contribution in [3.63, 3.8) is 0 Å². The highest BCUT2D eigenvalue weighted by atomic mass is 19.2. The third-order valence-corrected chi connectivity index (χ3v) is 6.29. The highest BCUT2D eigenvalue weighted by Gasteiger charge is 2.39. The molecule has 1 aliphatic carbocycles. The van der Waals surface area contributed by atoms with Gasteiger partial charge < -0.3 is 24.6 Å². The maximum Gasteiger partial charge on any atom is 0.511 e. The highest BCUT2D eigenvalue weighted by molar-refractivity contribution is 5.86. The number of benzene rings is 1. The van der Waals surface area contributed by atoms with Crippen molar-refractivity contribution in [1.82, 2.24) is 9.88 Å². The first-order valence-electron chi connectivity index (χ1n) is 10.0. The number of hydrogen-bond donors (Lipinski definition) is 2. The van der Waals surface area contributed by atoms with E-state index in [0.29, 0.717) is 25.9 Å². The summed E-state index contributed by atoms with van der Waals surface area (Å²) < 4.78 is 51.6. The topological polar surface area (TPSA) is 83.8 Å². The van der Waals surface area contributed by atoms with Crippen molar-refractivity contribution in [3.05, 3.63) is 33.9 Å². The van der Waals surface area contributed by atoms with E-state index >= 15 is 13.2 Å². The Morgan fingerprint density at radius 1 is 1.13 bits per heavy atom. The van der Waals surface area contributed by atoms with E-state index in [1.165, 1.54) is 9.47 Å². The maximum absolute atomic E-state index is 15.7. The zero-order valence-corrected chi connectivity index (χ0v) is 16.0. The summed E-state index contributed by atoms with van der Waals surface area (Å²) in [7, 11) is 0. The summed E-state index contributed by atoms with van der Waals surface area (Å²) in [6, 6.07) is -0.160. The zero-order valence-electron chi connectivity index (χ0n) is 16.0. The summed E-state index contributed by atoms with van der Waals surface area (Å²) in [5, 5.41) is 11.4. The summed E-state index contributed by atoms with van der Waals surface area (Å²) in [5.41, 5.74) is -2.02. The van der Waals surface area contributed by atoms with Gasteiger partial charge in [-0.2, -0.15) is 0 Å². The van der Waals surface area contributed by atoms with E-state index in [-0.39, 0.29) is 23.5 Å². The van der Waals surface area contributed by atoms with E-state index in [0.717, 1.165) is 25.6 Å². The molecule has 0 radical (unpaired) electrons. The number of nitrogens with one attached hydrogen (secondary N) is 1. The predicted molar refractivity (Wildman–Crippen MR) is 102 cm³/mol. The van der Waals surface area contributed by atoms with Crippen molar-refractivity contribution in [1.29, 1.82) is 0 Å². The lowest BCUT2D eigenvalue weighted by Crippen LogP contribution is -2.40. The largest absolute Gasteiger partial charge is 0.511 e. The number of aromatic nitrogens is 1. The summed E-state index contributed by atoms with van der Waals surface area (Å²) in [6.07, 6.45) is 2.51. The molecular formula is C20H20F3N3O4. The molecule has 0 amide bonds. The van der Waals surface area contributed by atoms with Gasteiger partial charge in [-0.1, -0.05) is 0 Å². The van der Waals surface area contributed by atoms with Gasteiger partial charge in [0.25, 0.3) is 0 Å². The van der Waals surface area contributed by atoms with Gasteiger partial charge in [0.05, 0.1) is 17.1 Å². The second-order valence-corrected chi connectivity index (χ2v) is 8.21. The summed E-state index contributed by atoms with van der Waals surface area (Å²) in [5.74, 6) is -4.39. The molecule has 2 aromatic rings. The quantitative estimate of drug-likeness (QED) is 0.583. The Morgan fingerprint density at radius 2 is 1.90 bits per heavy atom. The highest BCUT2D eigenvalue weighted by Crippen LogP contribution is 2.42. The molecule has 160 valence electrons. The second kappa shape index (κ2) is 6.90. The van der Waals surface area contributed by atoms with Crippen LogP contribution in [0.25, 0.3) is 10.9 Å². The number of nitrogens with zero attached hydrogens (tertiary/aromatic N) is 2. The van der Waals surface area contributed by atoms with Crippen LogP contribution in [-0.4, -0.2) is 41.5 Å². The first kappa shape index (κ1) is 19.2.